The van der Waals surface area contributed by atoms with E-state index < -0.39 is 0 Å². The molecule has 0 aromatic heterocycles. The monoisotopic (exact) mass is 377 g/mol. The summed E-state index contributed by atoms with van der Waals surface area (Å²) in [4.78, 5) is 12.4. The van der Waals surface area contributed by atoms with Crippen molar-refractivity contribution in [3.8, 4) is 0 Å². The molecular formula is C13H16INO2S. The van der Waals surface area contributed by atoms with Crippen molar-refractivity contribution in [3.63, 3.8) is 0 Å². The molecule has 1 aromatic carbocycles. The quantitative estimate of drug-likeness (QED) is 0.249. The van der Waals surface area contributed by atoms with Crippen molar-refractivity contribution in [2.24, 2.45) is 5.73 Å². The van der Waals surface area contributed by atoms with Gasteiger partial charge in [-0.3, -0.25) is 4.79 Å². The lowest BCUT2D eigenvalue weighted by molar-refractivity contribution is -0.114. The van der Waals surface area contributed by atoms with E-state index in [1.54, 1.807) is 0 Å². The maximum absolute atomic E-state index is 11.3. The Kier molecular flexibility index (Phi) is 8.11. The molecule has 0 heterocycles. The first-order valence-corrected chi connectivity index (χ1v) is 7.99. The second kappa shape index (κ2) is 9.41. The smallest absolute Gasteiger partial charge is 0.245 e. The van der Waals surface area contributed by atoms with Gasteiger partial charge in [0.05, 0.1) is 13.2 Å². The summed E-state index contributed by atoms with van der Waals surface area (Å²) in [5, 5.41) is 1.81. The summed E-state index contributed by atoms with van der Waals surface area (Å²) < 4.78 is 6.30. The van der Waals surface area contributed by atoms with Crippen LogP contribution in [-0.2, 0) is 9.53 Å². The number of primary amides is 1. The van der Waals surface area contributed by atoms with Crippen LogP contribution in [0.1, 0.15) is 6.42 Å². The highest BCUT2D eigenvalue weighted by Gasteiger charge is 2.05. The number of hydrogen-bond acceptors (Lipinski definition) is 3. The van der Waals surface area contributed by atoms with E-state index in [-0.39, 0.29) is 5.91 Å². The van der Waals surface area contributed by atoms with E-state index in [2.05, 4.69) is 22.6 Å². The SMILES string of the molecule is NC(=O)C(=CSc1ccccc1)CCOCCI. The van der Waals surface area contributed by atoms with Gasteiger partial charge < -0.3 is 10.5 Å². The van der Waals surface area contributed by atoms with Crippen molar-refractivity contribution in [1.29, 1.82) is 0 Å². The number of amides is 1. The highest BCUT2D eigenvalue weighted by molar-refractivity contribution is 14.1. The van der Waals surface area contributed by atoms with Gasteiger partial charge >= 0.3 is 0 Å². The molecule has 0 bridgehead atoms. The van der Waals surface area contributed by atoms with Gasteiger partial charge in [-0.2, -0.15) is 0 Å². The molecule has 0 unspecified atom stereocenters. The second-order valence-corrected chi connectivity index (χ2v) is 5.51. The van der Waals surface area contributed by atoms with Crippen molar-refractivity contribution in [3.05, 3.63) is 41.3 Å². The van der Waals surface area contributed by atoms with Gasteiger partial charge in [0.2, 0.25) is 5.91 Å². The van der Waals surface area contributed by atoms with Crippen molar-refractivity contribution >= 4 is 40.3 Å². The van der Waals surface area contributed by atoms with Crippen molar-refractivity contribution in [2.75, 3.05) is 17.6 Å². The van der Waals surface area contributed by atoms with Crippen LogP contribution >= 0.6 is 34.4 Å². The molecule has 0 saturated carbocycles. The molecule has 5 heteroatoms. The average Bonchev–Trinajstić information content (AvgIpc) is 2.38. The summed E-state index contributed by atoms with van der Waals surface area (Å²) in [5.74, 6) is -0.378. The molecule has 2 N–H and O–H groups in total. The molecule has 18 heavy (non-hydrogen) atoms. The molecule has 98 valence electrons. The lowest BCUT2D eigenvalue weighted by Crippen LogP contribution is -2.15. The van der Waals surface area contributed by atoms with Crippen LogP contribution in [0.4, 0.5) is 0 Å². The number of rotatable bonds is 8. The number of alkyl halides is 1. The van der Waals surface area contributed by atoms with Crippen molar-refractivity contribution in [2.45, 2.75) is 11.3 Å². The number of hydrogen-bond donors (Lipinski definition) is 1. The highest BCUT2D eigenvalue weighted by atomic mass is 127. The lowest BCUT2D eigenvalue weighted by atomic mass is 10.2. The van der Waals surface area contributed by atoms with Crippen LogP contribution in [0.2, 0.25) is 0 Å². The molecule has 3 nitrogen and oxygen atoms in total. The third-order valence-electron chi connectivity index (χ3n) is 2.13. The van der Waals surface area contributed by atoms with Crippen LogP contribution in [0.15, 0.2) is 46.2 Å². The van der Waals surface area contributed by atoms with Crippen LogP contribution in [-0.4, -0.2) is 23.5 Å². The van der Waals surface area contributed by atoms with Gasteiger partial charge in [-0.05, 0) is 17.5 Å². The minimum atomic E-state index is -0.378. The largest absolute Gasteiger partial charge is 0.380 e. The van der Waals surface area contributed by atoms with Gasteiger partial charge in [0.25, 0.3) is 0 Å². The Morgan fingerprint density at radius 1 is 1.33 bits per heavy atom. The molecule has 0 fully saturated rings. The average molecular weight is 377 g/mol. The zero-order valence-corrected chi connectivity index (χ0v) is 12.9. The Balaban J connectivity index is 2.48. The van der Waals surface area contributed by atoms with Crippen LogP contribution in [0, 0.1) is 0 Å². The summed E-state index contributed by atoms with van der Waals surface area (Å²) in [7, 11) is 0. The molecule has 0 radical (unpaired) electrons. The van der Waals surface area contributed by atoms with E-state index in [4.69, 9.17) is 10.5 Å². The summed E-state index contributed by atoms with van der Waals surface area (Å²) in [6.45, 7) is 1.24. The molecule has 0 atom stereocenters. The van der Waals surface area contributed by atoms with E-state index in [0.29, 0.717) is 25.2 Å². The molecule has 0 saturated heterocycles. The number of benzene rings is 1. The fraction of sp³-hybridized carbons (Fsp3) is 0.308. The standard InChI is InChI=1S/C13H16INO2S/c14-7-9-17-8-6-11(13(15)16)10-18-12-4-2-1-3-5-12/h1-5,10H,6-9H2,(H2,15,16). The van der Waals surface area contributed by atoms with E-state index in [1.165, 1.54) is 11.8 Å². The Hall–Kier alpha value is -0.530. The first kappa shape index (κ1) is 15.5. The molecular weight excluding hydrogens is 361 g/mol. The molecule has 0 spiro atoms. The Morgan fingerprint density at radius 3 is 2.67 bits per heavy atom. The number of carbonyl (C=O) groups is 1. The predicted octanol–water partition coefficient (Wildman–Crippen LogP) is 2.99. The molecule has 0 aliphatic rings. The van der Waals surface area contributed by atoms with Gasteiger partial charge in [-0.1, -0.05) is 52.6 Å². The van der Waals surface area contributed by atoms with Gasteiger partial charge in [-0.15, -0.1) is 0 Å². The Labute approximate surface area is 125 Å². The van der Waals surface area contributed by atoms with Gasteiger partial charge in [-0.25, -0.2) is 0 Å². The number of halogens is 1. The molecule has 1 rings (SSSR count). The van der Waals surface area contributed by atoms with E-state index in [0.717, 1.165) is 9.32 Å². The fourth-order valence-electron chi connectivity index (χ4n) is 1.22. The van der Waals surface area contributed by atoms with Gasteiger partial charge in [0.15, 0.2) is 0 Å². The highest BCUT2D eigenvalue weighted by Crippen LogP contribution is 2.21. The van der Waals surface area contributed by atoms with Crippen LogP contribution in [0.25, 0.3) is 0 Å². The third kappa shape index (κ3) is 6.42. The number of ether oxygens (including phenoxy) is 1. The minimum Gasteiger partial charge on any atom is -0.380 e. The first-order chi connectivity index (χ1) is 8.74. The number of carbonyl (C=O) groups excluding carboxylic acids is 1. The number of thioether (sulfide) groups is 1. The topological polar surface area (TPSA) is 52.3 Å². The molecule has 0 aliphatic carbocycles. The summed E-state index contributed by atoms with van der Waals surface area (Å²) in [5.41, 5.74) is 5.95. The summed E-state index contributed by atoms with van der Waals surface area (Å²) in [6.07, 6.45) is 0.561. The molecule has 1 amide bonds. The second-order valence-electron chi connectivity index (χ2n) is 3.49. The maximum Gasteiger partial charge on any atom is 0.245 e. The van der Waals surface area contributed by atoms with Gasteiger partial charge in [0.1, 0.15) is 0 Å². The molecule has 1 aromatic rings. The summed E-state index contributed by atoms with van der Waals surface area (Å²) >= 11 is 3.75. The minimum absolute atomic E-state index is 0.378. The predicted molar refractivity (Wildman–Crippen MR) is 83.9 cm³/mol. The van der Waals surface area contributed by atoms with Crippen LogP contribution < -0.4 is 5.73 Å². The van der Waals surface area contributed by atoms with Crippen molar-refractivity contribution < 1.29 is 9.53 Å². The van der Waals surface area contributed by atoms with E-state index >= 15 is 0 Å². The van der Waals surface area contributed by atoms with Crippen molar-refractivity contribution in [1.82, 2.24) is 0 Å². The van der Waals surface area contributed by atoms with Crippen LogP contribution in [0.3, 0.4) is 0 Å². The third-order valence-corrected chi connectivity index (χ3v) is 3.52. The fourth-order valence-corrected chi connectivity index (χ4v) is 2.36. The Morgan fingerprint density at radius 2 is 2.06 bits per heavy atom. The number of nitrogens with two attached hydrogens (primary N) is 1. The van der Waals surface area contributed by atoms with Gasteiger partial charge in [0, 0.05) is 21.3 Å². The maximum atomic E-state index is 11.3. The van der Waals surface area contributed by atoms with Crippen LogP contribution in [0.5, 0.6) is 0 Å². The lowest BCUT2D eigenvalue weighted by Gasteiger charge is -2.04. The van der Waals surface area contributed by atoms with E-state index in [1.807, 2.05) is 35.7 Å². The van der Waals surface area contributed by atoms with E-state index in [9.17, 15) is 4.79 Å². The first-order valence-electron chi connectivity index (χ1n) is 5.58. The molecule has 0 aliphatic heterocycles. The Bertz CT molecular complexity index is 395. The normalized spacial score (nSPS) is 11.5. The zero-order valence-electron chi connectivity index (χ0n) is 9.97. The summed E-state index contributed by atoms with van der Waals surface area (Å²) in [6, 6.07) is 9.87. The zero-order chi connectivity index (χ0) is 13.2.